The lowest BCUT2D eigenvalue weighted by Gasteiger charge is -2.41. The number of benzene rings is 2. The zero-order valence-electron chi connectivity index (χ0n) is 18.2. The molecular formula is C25H20FN3O3S2. The van der Waals surface area contributed by atoms with Crippen LogP contribution in [0.15, 0.2) is 71.3 Å². The van der Waals surface area contributed by atoms with Crippen LogP contribution in [0.3, 0.4) is 0 Å². The lowest BCUT2D eigenvalue weighted by atomic mass is 9.72. The summed E-state index contributed by atoms with van der Waals surface area (Å²) in [7, 11) is 1.82. The lowest BCUT2D eigenvalue weighted by Crippen LogP contribution is -2.61. The summed E-state index contributed by atoms with van der Waals surface area (Å²) in [5.74, 6) is -0.864. The van der Waals surface area contributed by atoms with Crippen molar-refractivity contribution >= 4 is 45.8 Å². The summed E-state index contributed by atoms with van der Waals surface area (Å²) in [4.78, 5) is 31.7. The van der Waals surface area contributed by atoms with Gasteiger partial charge in [-0.3, -0.25) is 19.4 Å². The van der Waals surface area contributed by atoms with Crippen molar-refractivity contribution in [2.75, 3.05) is 18.9 Å². The molecule has 0 radical (unpaired) electrons. The van der Waals surface area contributed by atoms with Gasteiger partial charge >= 0.3 is 0 Å². The molecule has 3 aliphatic rings. The van der Waals surface area contributed by atoms with E-state index in [0.29, 0.717) is 27.9 Å². The molecule has 34 heavy (non-hydrogen) atoms. The number of likely N-dealkylation sites (N-methyl/N-ethyl adjacent to an activating group) is 1. The van der Waals surface area contributed by atoms with E-state index in [-0.39, 0.29) is 24.3 Å². The molecule has 1 aromatic heterocycles. The number of nitrogens with one attached hydrogen (secondary N) is 1. The number of rotatable bonds is 3. The molecule has 2 saturated heterocycles. The molecule has 4 heterocycles. The highest BCUT2D eigenvalue weighted by atomic mass is 32.2. The van der Waals surface area contributed by atoms with Gasteiger partial charge in [0.05, 0.1) is 12.8 Å². The average Bonchev–Trinajstić information content (AvgIpc) is 3.56. The topological polar surface area (TPSA) is 65.8 Å². The van der Waals surface area contributed by atoms with E-state index < -0.39 is 16.1 Å². The SMILES string of the molecule is CN1C[C@H](c2ccccc2)[C@]2(SC(=S)N(Cc3ccco3)C2=O)[C@]12C(=O)Nc1ccc(F)cc12. The minimum atomic E-state index is -1.44. The molecule has 0 saturated carbocycles. The second-order valence-electron chi connectivity index (χ2n) is 8.77. The highest BCUT2D eigenvalue weighted by Crippen LogP contribution is 2.65. The fourth-order valence-electron chi connectivity index (χ4n) is 5.77. The van der Waals surface area contributed by atoms with Gasteiger partial charge < -0.3 is 9.73 Å². The van der Waals surface area contributed by atoms with Crippen molar-refractivity contribution in [3.8, 4) is 0 Å². The number of hydrogen-bond acceptors (Lipinski definition) is 6. The predicted molar refractivity (Wildman–Crippen MR) is 131 cm³/mol. The number of carbonyl (C=O) groups excluding carboxylic acids is 2. The summed E-state index contributed by atoms with van der Waals surface area (Å²) in [6, 6.07) is 17.4. The summed E-state index contributed by atoms with van der Waals surface area (Å²) in [5, 5.41) is 2.91. The number of anilines is 1. The predicted octanol–water partition coefficient (Wildman–Crippen LogP) is 4.09. The number of furan rings is 1. The Morgan fingerprint density at radius 2 is 1.97 bits per heavy atom. The summed E-state index contributed by atoms with van der Waals surface area (Å²) in [6.07, 6.45) is 1.54. The van der Waals surface area contributed by atoms with Crippen LogP contribution in [-0.2, 0) is 21.7 Å². The maximum absolute atomic E-state index is 14.6. The van der Waals surface area contributed by atoms with Gasteiger partial charge in [-0.15, -0.1) is 0 Å². The van der Waals surface area contributed by atoms with Crippen molar-refractivity contribution in [3.63, 3.8) is 0 Å². The Kier molecular flexibility index (Phi) is 4.74. The molecule has 2 fully saturated rings. The summed E-state index contributed by atoms with van der Waals surface area (Å²) < 4.78 is 19.1. The Hall–Kier alpha value is -3.01. The quantitative estimate of drug-likeness (QED) is 0.555. The number of amides is 2. The maximum Gasteiger partial charge on any atom is 0.251 e. The molecule has 1 N–H and O–H groups in total. The zero-order chi connectivity index (χ0) is 23.7. The van der Waals surface area contributed by atoms with Gasteiger partial charge in [0.2, 0.25) is 5.91 Å². The number of thiocarbonyl (C=S) groups is 1. The first-order valence-electron chi connectivity index (χ1n) is 10.8. The Morgan fingerprint density at radius 3 is 2.71 bits per heavy atom. The van der Waals surface area contributed by atoms with Crippen molar-refractivity contribution in [1.82, 2.24) is 9.80 Å². The van der Waals surface area contributed by atoms with Crippen LogP contribution in [0, 0.1) is 5.82 Å². The molecule has 172 valence electrons. The Bertz CT molecular complexity index is 1330. The number of thioether (sulfide) groups is 1. The van der Waals surface area contributed by atoms with E-state index in [0.717, 1.165) is 5.56 Å². The molecule has 6 rings (SSSR count). The molecular weight excluding hydrogens is 473 g/mol. The van der Waals surface area contributed by atoms with E-state index >= 15 is 0 Å². The highest BCUT2D eigenvalue weighted by Gasteiger charge is 2.77. The highest BCUT2D eigenvalue weighted by molar-refractivity contribution is 8.25. The molecule has 2 spiro atoms. The number of carbonyl (C=O) groups is 2. The van der Waals surface area contributed by atoms with Crippen LogP contribution in [0.1, 0.15) is 22.8 Å². The number of nitrogens with zero attached hydrogens (tertiary/aromatic N) is 2. The molecule has 3 aromatic rings. The van der Waals surface area contributed by atoms with Gasteiger partial charge in [-0.2, -0.15) is 0 Å². The molecule has 0 bridgehead atoms. The minimum Gasteiger partial charge on any atom is -0.467 e. The van der Waals surface area contributed by atoms with E-state index in [9.17, 15) is 14.0 Å². The second-order valence-corrected chi connectivity index (χ2v) is 10.7. The largest absolute Gasteiger partial charge is 0.467 e. The first-order valence-corrected chi connectivity index (χ1v) is 12.1. The number of fused-ring (bicyclic) bond motifs is 3. The lowest BCUT2D eigenvalue weighted by molar-refractivity contribution is -0.138. The first kappa shape index (κ1) is 21.5. The summed E-state index contributed by atoms with van der Waals surface area (Å²) in [6.45, 7) is 0.585. The number of hydrogen-bond donors (Lipinski definition) is 1. The zero-order valence-corrected chi connectivity index (χ0v) is 19.8. The smallest absolute Gasteiger partial charge is 0.251 e. The fraction of sp³-hybridized carbons (Fsp3) is 0.240. The third kappa shape index (κ3) is 2.63. The van der Waals surface area contributed by atoms with Crippen molar-refractivity contribution in [1.29, 1.82) is 0 Å². The van der Waals surface area contributed by atoms with Gasteiger partial charge in [0, 0.05) is 23.7 Å². The van der Waals surface area contributed by atoms with Crippen molar-refractivity contribution < 1.29 is 18.4 Å². The second kappa shape index (κ2) is 7.49. The molecule has 2 amide bonds. The molecule has 0 unspecified atom stereocenters. The van der Waals surface area contributed by atoms with Crippen LogP contribution in [0.4, 0.5) is 10.1 Å². The van der Waals surface area contributed by atoms with Crippen molar-refractivity contribution in [2.24, 2.45) is 0 Å². The van der Waals surface area contributed by atoms with Crippen molar-refractivity contribution in [2.45, 2.75) is 22.7 Å². The molecule has 9 heteroatoms. The molecule has 0 aliphatic carbocycles. The number of likely N-dealkylation sites (tertiary alicyclic amines) is 1. The van der Waals surface area contributed by atoms with Crippen LogP contribution in [0.5, 0.6) is 0 Å². The molecule has 2 aromatic carbocycles. The van der Waals surface area contributed by atoms with Gasteiger partial charge in [0.1, 0.15) is 20.6 Å². The van der Waals surface area contributed by atoms with Gasteiger partial charge in [-0.25, -0.2) is 4.39 Å². The standard InChI is InChI=1S/C25H20FN3O3S2/c1-28-14-19(15-6-3-2-4-7-15)25(22(31)29(23(33)34-25)13-17-8-5-11-32-17)24(28)18-12-16(26)9-10-20(18)27-21(24)30/h2-12,19H,13-14H2,1H3,(H,27,30)/t19-,24+,25-/m1/s1. The Labute approximate surface area is 205 Å². The Morgan fingerprint density at radius 1 is 1.18 bits per heavy atom. The summed E-state index contributed by atoms with van der Waals surface area (Å²) >= 11 is 6.96. The van der Waals surface area contributed by atoms with Gasteiger partial charge in [-0.1, -0.05) is 54.3 Å². The van der Waals surface area contributed by atoms with E-state index in [1.54, 1.807) is 24.5 Å². The molecule has 6 nitrogen and oxygen atoms in total. The van der Waals surface area contributed by atoms with E-state index in [1.807, 2.05) is 42.3 Å². The van der Waals surface area contributed by atoms with Crippen LogP contribution in [-0.4, -0.2) is 44.3 Å². The van der Waals surface area contributed by atoms with E-state index in [2.05, 4.69) is 5.32 Å². The van der Waals surface area contributed by atoms with Crippen LogP contribution in [0.25, 0.3) is 0 Å². The normalized spacial score (nSPS) is 28.4. The number of halogens is 1. The van der Waals surface area contributed by atoms with Crippen LogP contribution in [0.2, 0.25) is 0 Å². The Balaban J connectivity index is 1.60. The third-order valence-corrected chi connectivity index (χ3v) is 9.07. The van der Waals surface area contributed by atoms with Gasteiger partial charge in [-0.05, 0) is 42.9 Å². The minimum absolute atomic E-state index is 0.165. The first-order chi connectivity index (χ1) is 16.4. The monoisotopic (exact) mass is 493 g/mol. The molecule has 3 aliphatic heterocycles. The van der Waals surface area contributed by atoms with Gasteiger partial charge in [0.15, 0.2) is 5.54 Å². The van der Waals surface area contributed by atoms with Crippen LogP contribution < -0.4 is 5.32 Å². The van der Waals surface area contributed by atoms with Crippen molar-refractivity contribution in [3.05, 3.63) is 89.6 Å². The average molecular weight is 494 g/mol. The maximum atomic E-state index is 14.6. The molecule has 3 atom stereocenters. The van der Waals surface area contributed by atoms with E-state index in [4.69, 9.17) is 16.6 Å². The van der Waals surface area contributed by atoms with Crippen LogP contribution >= 0.6 is 24.0 Å². The third-order valence-electron chi connectivity index (χ3n) is 7.13. The van der Waals surface area contributed by atoms with E-state index in [1.165, 1.54) is 28.8 Å². The summed E-state index contributed by atoms with van der Waals surface area (Å²) in [5.41, 5.74) is 0.457. The fourth-order valence-corrected chi connectivity index (χ4v) is 7.90. The van der Waals surface area contributed by atoms with Gasteiger partial charge in [0.25, 0.3) is 5.91 Å².